The van der Waals surface area contributed by atoms with E-state index in [9.17, 15) is 14.4 Å². The van der Waals surface area contributed by atoms with Crippen LogP contribution < -0.4 is 15.8 Å². The molecule has 1 unspecified atom stereocenters. The third-order valence-electron chi connectivity index (χ3n) is 7.86. The molecule has 43 heavy (non-hydrogen) atoms. The van der Waals surface area contributed by atoms with Gasteiger partial charge in [-0.15, -0.1) is 0 Å². The van der Waals surface area contributed by atoms with Gasteiger partial charge in [0.25, 0.3) is 0 Å². The van der Waals surface area contributed by atoms with Crippen LogP contribution in [-0.4, -0.2) is 64.4 Å². The van der Waals surface area contributed by atoms with Crippen molar-refractivity contribution in [3.05, 3.63) is 78.2 Å². The van der Waals surface area contributed by atoms with Gasteiger partial charge in [0.15, 0.2) is 11.6 Å². The van der Waals surface area contributed by atoms with Crippen molar-refractivity contribution in [1.82, 2.24) is 14.5 Å². The van der Waals surface area contributed by atoms with E-state index in [1.807, 2.05) is 59.5 Å². The molecule has 1 saturated heterocycles. The van der Waals surface area contributed by atoms with Crippen molar-refractivity contribution in [2.24, 2.45) is 17.6 Å². The van der Waals surface area contributed by atoms with E-state index in [0.29, 0.717) is 31.4 Å². The summed E-state index contributed by atoms with van der Waals surface area (Å²) in [5.41, 5.74) is 6.68. The first-order valence-electron chi connectivity index (χ1n) is 14.8. The van der Waals surface area contributed by atoms with Gasteiger partial charge in [-0.1, -0.05) is 49.4 Å². The molecule has 0 bridgehead atoms. The Bertz CT molecular complexity index is 1360. The van der Waals surface area contributed by atoms with Crippen molar-refractivity contribution in [2.45, 2.75) is 58.2 Å². The molecule has 0 saturated carbocycles. The highest BCUT2D eigenvalue weighted by molar-refractivity contribution is 5.97. The number of piperidine rings is 1. The number of carbonyl (C=O) groups excluding carboxylic acids is 3. The zero-order chi connectivity index (χ0) is 31.0. The van der Waals surface area contributed by atoms with Crippen molar-refractivity contribution in [1.29, 1.82) is 0 Å². The molecular formula is C33H43N5O5. The summed E-state index contributed by atoms with van der Waals surface area (Å²) in [6, 6.07) is 16.3. The van der Waals surface area contributed by atoms with E-state index >= 15 is 0 Å². The molecule has 10 nitrogen and oxygen atoms in total. The summed E-state index contributed by atoms with van der Waals surface area (Å²) in [6.45, 7) is 7.17. The SMILES string of the molecule is COc1ccc(C(C(=O)N2CCC(C)CC2)n2cnc(NC(=O)[C@@H](COCc3ccccc3)CC(=O)C(C)(C)N)c2)cc1. The molecule has 3 N–H and O–H groups in total. The summed E-state index contributed by atoms with van der Waals surface area (Å²) in [4.78, 5) is 46.3. The lowest BCUT2D eigenvalue weighted by atomic mass is 9.91. The number of rotatable bonds is 13. The number of nitrogens with one attached hydrogen (secondary N) is 1. The van der Waals surface area contributed by atoms with Gasteiger partial charge in [-0.3, -0.25) is 14.4 Å². The van der Waals surface area contributed by atoms with Gasteiger partial charge in [0.1, 0.15) is 11.8 Å². The number of aromatic nitrogens is 2. The largest absolute Gasteiger partial charge is 0.497 e. The zero-order valence-corrected chi connectivity index (χ0v) is 25.5. The highest BCUT2D eigenvalue weighted by atomic mass is 16.5. The molecule has 0 aliphatic carbocycles. The molecule has 2 heterocycles. The first-order chi connectivity index (χ1) is 20.5. The normalized spacial score (nSPS) is 15.5. The Morgan fingerprint density at radius 3 is 2.37 bits per heavy atom. The molecule has 10 heteroatoms. The molecule has 3 aromatic rings. The van der Waals surface area contributed by atoms with Gasteiger partial charge in [-0.25, -0.2) is 4.98 Å². The molecule has 230 valence electrons. The van der Waals surface area contributed by atoms with Crippen LogP contribution >= 0.6 is 0 Å². The van der Waals surface area contributed by atoms with Crippen molar-refractivity contribution >= 4 is 23.4 Å². The predicted octanol–water partition coefficient (Wildman–Crippen LogP) is 4.21. The lowest BCUT2D eigenvalue weighted by Crippen LogP contribution is -2.44. The van der Waals surface area contributed by atoms with Crippen molar-refractivity contribution in [2.75, 3.05) is 32.1 Å². The van der Waals surface area contributed by atoms with Crippen LogP contribution in [0.25, 0.3) is 0 Å². The van der Waals surface area contributed by atoms with E-state index in [2.05, 4.69) is 17.2 Å². The summed E-state index contributed by atoms with van der Waals surface area (Å²) in [5.74, 6) is 0.0802. The number of likely N-dealkylation sites (tertiary alicyclic amines) is 1. The highest BCUT2D eigenvalue weighted by Gasteiger charge is 2.32. The monoisotopic (exact) mass is 589 g/mol. The molecule has 2 aromatic carbocycles. The van der Waals surface area contributed by atoms with Gasteiger partial charge in [0, 0.05) is 25.7 Å². The topological polar surface area (TPSA) is 129 Å². The fourth-order valence-corrected chi connectivity index (χ4v) is 5.01. The number of ether oxygens (including phenoxy) is 2. The van der Waals surface area contributed by atoms with Crippen LogP contribution in [0.5, 0.6) is 5.75 Å². The number of imidazole rings is 1. The minimum Gasteiger partial charge on any atom is -0.497 e. The third-order valence-corrected chi connectivity index (χ3v) is 7.86. The van der Waals surface area contributed by atoms with Crippen molar-refractivity contribution in [3.8, 4) is 5.75 Å². The Balaban J connectivity index is 1.52. The average molecular weight is 590 g/mol. The molecule has 0 radical (unpaired) electrons. The molecular weight excluding hydrogens is 546 g/mol. The lowest BCUT2D eigenvalue weighted by molar-refractivity contribution is -0.135. The number of nitrogens with two attached hydrogens (primary N) is 1. The maximum absolute atomic E-state index is 13.8. The number of carbonyl (C=O) groups is 3. The second kappa shape index (κ2) is 14.4. The maximum atomic E-state index is 13.8. The average Bonchev–Trinajstić information content (AvgIpc) is 3.45. The number of hydrogen-bond acceptors (Lipinski definition) is 7. The van der Waals surface area contributed by atoms with Crippen molar-refractivity contribution in [3.63, 3.8) is 0 Å². The van der Waals surface area contributed by atoms with Crippen molar-refractivity contribution < 1.29 is 23.9 Å². The molecule has 0 spiro atoms. The van der Waals surface area contributed by atoms with E-state index in [-0.39, 0.29) is 30.5 Å². The number of methoxy groups -OCH3 is 1. The van der Waals surface area contributed by atoms with Crippen LogP contribution in [0.3, 0.4) is 0 Å². The van der Waals surface area contributed by atoms with Crippen LogP contribution in [0.15, 0.2) is 67.1 Å². The molecule has 2 amide bonds. The quantitative estimate of drug-likeness (QED) is 0.306. The fraction of sp³-hybridized carbons (Fsp3) is 0.455. The predicted molar refractivity (Wildman–Crippen MR) is 164 cm³/mol. The van der Waals surface area contributed by atoms with E-state index in [1.165, 1.54) is 0 Å². The summed E-state index contributed by atoms with van der Waals surface area (Å²) in [7, 11) is 1.60. The smallest absolute Gasteiger partial charge is 0.250 e. The van der Waals surface area contributed by atoms with Crippen LogP contribution in [0.4, 0.5) is 5.82 Å². The number of anilines is 1. The van der Waals surface area contributed by atoms with Gasteiger partial charge in [-0.05, 0) is 55.9 Å². The van der Waals surface area contributed by atoms with E-state index in [4.69, 9.17) is 15.2 Å². The third kappa shape index (κ3) is 8.75. The standard InChI is InChI=1S/C33H43N5O5/c1-23-14-16-37(17-15-23)32(41)30(25-10-12-27(42-4)13-11-25)38-19-29(35-22-38)36-31(40)26(18-28(39)33(2,3)34)21-43-20-24-8-6-5-7-9-24/h5-13,19,22-23,26,30H,14-18,20-21,34H2,1-4H3,(H,36,40)/t26-,30?/m1/s1. The second-order valence-electron chi connectivity index (χ2n) is 11.9. The Morgan fingerprint density at radius 2 is 1.74 bits per heavy atom. The second-order valence-corrected chi connectivity index (χ2v) is 11.9. The first-order valence-corrected chi connectivity index (χ1v) is 14.8. The van der Waals surface area contributed by atoms with E-state index < -0.39 is 23.4 Å². The van der Waals surface area contributed by atoms with Gasteiger partial charge >= 0.3 is 0 Å². The highest BCUT2D eigenvalue weighted by Crippen LogP contribution is 2.27. The number of Topliss-reactive ketones (excluding diaryl/α,β-unsaturated/α-hetero) is 1. The van der Waals surface area contributed by atoms with Crippen LogP contribution in [0.2, 0.25) is 0 Å². The number of amides is 2. The minimum absolute atomic E-state index is 0.0313. The van der Waals surface area contributed by atoms with Gasteiger partial charge < -0.3 is 30.0 Å². The van der Waals surface area contributed by atoms with Crippen LogP contribution in [0.1, 0.15) is 57.2 Å². The van der Waals surface area contributed by atoms with Crippen LogP contribution in [0, 0.1) is 11.8 Å². The number of hydrogen-bond donors (Lipinski definition) is 2. The Kier molecular flexibility index (Phi) is 10.7. The summed E-state index contributed by atoms with van der Waals surface area (Å²) < 4.78 is 12.9. The Morgan fingerprint density at radius 1 is 1.07 bits per heavy atom. The van der Waals surface area contributed by atoms with E-state index in [1.54, 1.807) is 38.0 Å². The Hall–Kier alpha value is -4.02. The van der Waals surface area contributed by atoms with Gasteiger partial charge in [0.05, 0.1) is 38.1 Å². The molecule has 1 fully saturated rings. The minimum atomic E-state index is -1.09. The number of nitrogens with zero attached hydrogens (tertiary/aromatic N) is 3. The molecule has 4 rings (SSSR count). The zero-order valence-electron chi connectivity index (χ0n) is 25.5. The molecule has 2 atom stereocenters. The first kappa shape index (κ1) is 31.9. The number of benzene rings is 2. The van der Waals surface area contributed by atoms with Gasteiger partial charge in [-0.2, -0.15) is 0 Å². The maximum Gasteiger partial charge on any atom is 0.250 e. The van der Waals surface area contributed by atoms with E-state index in [0.717, 1.165) is 24.0 Å². The fourth-order valence-electron chi connectivity index (χ4n) is 5.01. The number of ketones is 1. The molecule has 1 aromatic heterocycles. The van der Waals surface area contributed by atoms with Gasteiger partial charge in [0.2, 0.25) is 11.8 Å². The Labute approximate surface area is 253 Å². The van der Waals surface area contributed by atoms with Crippen LogP contribution in [-0.2, 0) is 25.7 Å². The molecule has 1 aliphatic rings. The molecule has 1 aliphatic heterocycles. The summed E-state index contributed by atoms with van der Waals surface area (Å²) in [6.07, 6.45) is 5.03. The lowest BCUT2D eigenvalue weighted by Gasteiger charge is -2.33. The summed E-state index contributed by atoms with van der Waals surface area (Å²) in [5, 5.41) is 2.83. The summed E-state index contributed by atoms with van der Waals surface area (Å²) >= 11 is 0.